The minimum atomic E-state index is -0.188. The van der Waals surface area contributed by atoms with Crippen molar-refractivity contribution in [3.63, 3.8) is 0 Å². The van der Waals surface area contributed by atoms with Crippen LogP contribution in [0.4, 0.5) is 5.69 Å². The standard InChI is InChI=1S/C27H38N2O/c1-18-22-16-27(6,30-25(22)23(26(3,4)5)19(2)24(18)28)17-29-14-12-21(13-15-29)20-10-8-7-9-11-20/h7-11,21H,12-17,28H2,1-6H3. The Morgan fingerprint density at radius 3 is 2.30 bits per heavy atom. The SMILES string of the molecule is Cc1c(N)c(C)c(C(C)(C)C)c2c1CC(C)(CN1CCC(c3ccccc3)CC1)O2. The molecular weight excluding hydrogens is 368 g/mol. The Bertz CT molecular complexity index is 920. The maximum Gasteiger partial charge on any atom is 0.127 e. The monoisotopic (exact) mass is 406 g/mol. The van der Waals surface area contributed by atoms with E-state index in [1.807, 2.05) is 0 Å². The molecular formula is C27H38N2O. The molecule has 0 amide bonds. The molecule has 3 heteroatoms. The number of anilines is 1. The summed E-state index contributed by atoms with van der Waals surface area (Å²) >= 11 is 0. The van der Waals surface area contributed by atoms with E-state index in [-0.39, 0.29) is 11.0 Å². The average Bonchev–Trinajstić information content (AvgIpc) is 3.03. The predicted octanol–water partition coefficient (Wildman–Crippen LogP) is 5.76. The first-order valence-corrected chi connectivity index (χ1v) is 11.5. The van der Waals surface area contributed by atoms with Gasteiger partial charge in [0.05, 0.1) is 0 Å². The van der Waals surface area contributed by atoms with Gasteiger partial charge < -0.3 is 10.5 Å². The lowest BCUT2D eigenvalue weighted by Gasteiger charge is -2.37. The van der Waals surface area contributed by atoms with Crippen molar-refractivity contribution in [2.45, 2.75) is 77.7 Å². The molecule has 1 saturated heterocycles. The fourth-order valence-corrected chi connectivity index (χ4v) is 5.67. The molecule has 1 atom stereocenters. The van der Waals surface area contributed by atoms with E-state index >= 15 is 0 Å². The predicted molar refractivity (Wildman–Crippen MR) is 127 cm³/mol. The van der Waals surface area contributed by atoms with Gasteiger partial charge in [0, 0.05) is 29.8 Å². The van der Waals surface area contributed by atoms with Gasteiger partial charge >= 0.3 is 0 Å². The van der Waals surface area contributed by atoms with Crippen molar-refractivity contribution in [2.24, 2.45) is 0 Å². The molecule has 2 aromatic carbocycles. The number of likely N-dealkylation sites (tertiary alicyclic amines) is 1. The molecule has 2 N–H and O–H groups in total. The molecule has 0 bridgehead atoms. The second-order valence-electron chi connectivity index (χ2n) is 10.8. The first-order valence-electron chi connectivity index (χ1n) is 11.5. The molecule has 162 valence electrons. The van der Waals surface area contributed by atoms with Crippen molar-refractivity contribution in [2.75, 3.05) is 25.4 Å². The average molecular weight is 407 g/mol. The molecule has 4 rings (SSSR count). The van der Waals surface area contributed by atoms with Crippen LogP contribution in [0.5, 0.6) is 5.75 Å². The van der Waals surface area contributed by atoms with Crippen LogP contribution in [-0.2, 0) is 11.8 Å². The zero-order valence-corrected chi connectivity index (χ0v) is 19.6. The molecule has 0 spiro atoms. The summed E-state index contributed by atoms with van der Waals surface area (Å²) in [7, 11) is 0. The minimum Gasteiger partial charge on any atom is -0.485 e. The van der Waals surface area contributed by atoms with Crippen molar-refractivity contribution in [3.8, 4) is 5.75 Å². The number of nitrogens with zero attached hydrogens (tertiary/aromatic N) is 1. The Labute approximate surface area is 182 Å². The lowest BCUT2D eigenvalue weighted by Crippen LogP contribution is -2.47. The lowest BCUT2D eigenvalue weighted by molar-refractivity contribution is 0.0516. The third kappa shape index (κ3) is 3.85. The normalized spacial score (nSPS) is 22.7. The molecule has 3 nitrogen and oxygen atoms in total. The highest BCUT2D eigenvalue weighted by molar-refractivity contribution is 5.68. The van der Waals surface area contributed by atoms with Gasteiger partial charge in [-0.3, -0.25) is 4.90 Å². The zero-order chi connectivity index (χ0) is 21.7. The van der Waals surface area contributed by atoms with Gasteiger partial charge in [0.1, 0.15) is 11.4 Å². The molecule has 1 unspecified atom stereocenters. The second kappa shape index (κ2) is 7.60. The Kier molecular flexibility index (Phi) is 5.38. The highest BCUT2D eigenvalue weighted by atomic mass is 16.5. The van der Waals surface area contributed by atoms with Crippen LogP contribution in [0.2, 0.25) is 0 Å². The summed E-state index contributed by atoms with van der Waals surface area (Å²) < 4.78 is 6.79. The largest absolute Gasteiger partial charge is 0.485 e. The van der Waals surface area contributed by atoms with E-state index in [0.717, 1.165) is 37.5 Å². The molecule has 30 heavy (non-hydrogen) atoms. The smallest absolute Gasteiger partial charge is 0.127 e. The van der Waals surface area contributed by atoms with Crippen LogP contribution in [0, 0.1) is 13.8 Å². The molecule has 0 aromatic heterocycles. The van der Waals surface area contributed by atoms with Crippen LogP contribution in [0.25, 0.3) is 0 Å². The fraction of sp³-hybridized carbons (Fsp3) is 0.556. The first-order chi connectivity index (χ1) is 14.1. The molecule has 2 heterocycles. The number of piperidine rings is 1. The van der Waals surface area contributed by atoms with E-state index in [2.05, 4.69) is 76.8 Å². The number of nitrogen functional groups attached to an aromatic ring is 1. The third-order valence-electron chi connectivity index (χ3n) is 7.20. The zero-order valence-electron chi connectivity index (χ0n) is 19.6. The van der Waals surface area contributed by atoms with Crippen molar-refractivity contribution in [1.82, 2.24) is 4.90 Å². The summed E-state index contributed by atoms with van der Waals surface area (Å²) in [6.45, 7) is 16.6. The molecule has 2 aliphatic rings. The highest BCUT2D eigenvalue weighted by Crippen LogP contribution is 2.48. The second-order valence-corrected chi connectivity index (χ2v) is 10.8. The Hall–Kier alpha value is -2.00. The Balaban J connectivity index is 1.51. The molecule has 0 aliphatic carbocycles. The number of ether oxygens (including phenoxy) is 1. The molecule has 0 saturated carbocycles. The Morgan fingerprint density at radius 1 is 1.07 bits per heavy atom. The van der Waals surface area contributed by atoms with Crippen LogP contribution in [0.1, 0.15) is 74.3 Å². The van der Waals surface area contributed by atoms with Crippen molar-refractivity contribution < 1.29 is 4.74 Å². The van der Waals surface area contributed by atoms with Crippen molar-refractivity contribution >= 4 is 5.69 Å². The van der Waals surface area contributed by atoms with Gasteiger partial charge in [-0.05, 0) is 74.7 Å². The summed E-state index contributed by atoms with van der Waals surface area (Å²) in [6.07, 6.45) is 3.40. The number of benzene rings is 2. The highest BCUT2D eigenvalue weighted by Gasteiger charge is 2.42. The van der Waals surface area contributed by atoms with Gasteiger partial charge in [0.15, 0.2) is 0 Å². The third-order valence-corrected chi connectivity index (χ3v) is 7.20. The first kappa shape index (κ1) is 21.2. The molecule has 1 fully saturated rings. The molecule has 2 aliphatic heterocycles. The van der Waals surface area contributed by atoms with Crippen LogP contribution in [0.3, 0.4) is 0 Å². The van der Waals surface area contributed by atoms with Crippen LogP contribution < -0.4 is 10.5 Å². The van der Waals surface area contributed by atoms with Crippen LogP contribution in [-0.4, -0.2) is 30.1 Å². The van der Waals surface area contributed by atoms with Crippen LogP contribution >= 0.6 is 0 Å². The summed E-state index contributed by atoms with van der Waals surface area (Å²) in [5, 5.41) is 0. The maximum atomic E-state index is 6.79. The summed E-state index contributed by atoms with van der Waals surface area (Å²) in [6, 6.07) is 11.0. The van der Waals surface area contributed by atoms with E-state index in [4.69, 9.17) is 10.5 Å². The van der Waals surface area contributed by atoms with Gasteiger partial charge in [0.25, 0.3) is 0 Å². The van der Waals surface area contributed by atoms with E-state index in [0.29, 0.717) is 5.92 Å². The molecule has 0 radical (unpaired) electrons. The summed E-state index contributed by atoms with van der Waals surface area (Å²) in [5.74, 6) is 1.79. The van der Waals surface area contributed by atoms with E-state index < -0.39 is 0 Å². The summed E-state index contributed by atoms with van der Waals surface area (Å²) in [5.41, 5.74) is 13.8. The van der Waals surface area contributed by atoms with E-state index in [9.17, 15) is 0 Å². The van der Waals surface area contributed by atoms with Crippen molar-refractivity contribution in [3.05, 3.63) is 58.1 Å². The number of hydrogen-bond donors (Lipinski definition) is 1. The Morgan fingerprint density at radius 2 is 1.70 bits per heavy atom. The quantitative estimate of drug-likeness (QED) is 0.659. The number of nitrogens with two attached hydrogens (primary N) is 1. The van der Waals surface area contributed by atoms with Gasteiger partial charge in [-0.1, -0.05) is 51.1 Å². The van der Waals surface area contributed by atoms with Crippen molar-refractivity contribution in [1.29, 1.82) is 0 Å². The number of rotatable bonds is 3. The van der Waals surface area contributed by atoms with E-state index in [1.165, 1.54) is 40.7 Å². The van der Waals surface area contributed by atoms with Gasteiger partial charge in [-0.15, -0.1) is 0 Å². The lowest BCUT2D eigenvalue weighted by atomic mass is 9.80. The molecule has 2 aromatic rings. The number of hydrogen-bond acceptors (Lipinski definition) is 3. The van der Waals surface area contributed by atoms with Gasteiger partial charge in [-0.25, -0.2) is 0 Å². The van der Waals surface area contributed by atoms with Gasteiger partial charge in [-0.2, -0.15) is 0 Å². The van der Waals surface area contributed by atoms with Gasteiger partial charge in [0.2, 0.25) is 0 Å². The summed E-state index contributed by atoms with van der Waals surface area (Å²) in [4.78, 5) is 2.60. The number of fused-ring (bicyclic) bond motifs is 1. The topological polar surface area (TPSA) is 38.5 Å². The fourth-order valence-electron chi connectivity index (χ4n) is 5.67. The maximum absolute atomic E-state index is 6.79. The van der Waals surface area contributed by atoms with Crippen LogP contribution in [0.15, 0.2) is 30.3 Å². The minimum absolute atomic E-state index is 0.00919. The van der Waals surface area contributed by atoms with E-state index in [1.54, 1.807) is 0 Å².